The van der Waals surface area contributed by atoms with Crippen LogP contribution in [0.1, 0.15) is 46.6 Å². The summed E-state index contributed by atoms with van der Waals surface area (Å²) in [5, 5.41) is 0. The van der Waals surface area contributed by atoms with Crippen LogP contribution in [0.15, 0.2) is 24.4 Å². The Labute approximate surface area is 251 Å². The summed E-state index contributed by atoms with van der Waals surface area (Å²) in [7, 11) is 0. The van der Waals surface area contributed by atoms with Crippen LogP contribution in [0.4, 0.5) is 29.9 Å². The average molecular weight is 622 g/mol. The van der Waals surface area contributed by atoms with Gasteiger partial charge in [-0.15, -0.1) is 0 Å². The molecular formula is C28H33F2N5O7S. The number of carbonyl (C=O) groups excluding carboxylic acids is 3. The molecule has 232 valence electrons. The number of hydrogen-bond acceptors (Lipinski definition) is 10. The third-order valence-corrected chi connectivity index (χ3v) is 7.43. The zero-order valence-electron chi connectivity index (χ0n) is 24.5. The van der Waals surface area contributed by atoms with Gasteiger partial charge < -0.3 is 23.8 Å². The van der Waals surface area contributed by atoms with E-state index in [9.17, 15) is 14.4 Å². The van der Waals surface area contributed by atoms with Crippen LogP contribution in [-0.4, -0.2) is 88.1 Å². The number of ether oxygens (including phenoxy) is 4. The van der Waals surface area contributed by atoms with Crippen LogP contribution in [0.3, 0.4) is 0 Å². The van der Waals surface area contributed by atoms with Gasteiger partial charge in [0.1, 0.15) is 23.3 Å². The van der Waals surface area contributed by atoms with Gasteiger partial charge in [0.05, 0.1) is 43.3 Å². The average Bonchev–Trinajstić information content (AvgIpc) is 3.66. The first-order valence-electron chi connectivity index (χ1n) is 13.8. The Morgan fingerprint density at radius 1 is 1.23 bits per heavy atom. The molecule has 0 saturated carbocycles. The summed E-state index contributed by atoms with van der Waals surface area (Å²) in [6, 6.07) is 2.14. The third-order valence-electron chi connectivity index (χ3n) is 6.96. The molecule has 2 atom stereocenters. The Kier molecular flexibility index (Phi) is 8.42. The lowest BCUT2D eigenvalue weighted by molar-refractivity contribution is -0.159. The number of rotatable bonds is 6. The highest BCUT2D eigenvalue weighted by atomic mass is 32.1. The highest BCUT2D eigenvalue weighted by molar-refractivity contribution is 6.99. The second kappa shape index (κ2) is 11.8. The molecule has 12 nitrogen and oxygen atoms in total. The van der Waals surface area contributed by atoms with Gasteiger partial charge in [-0.3, -0.25) is 14.6 Å². The van der Waals surface area contributed by atoms with E-state index >= 15 is 8.78 Å². The van der Waals surface area contributed by atoms with Crippen LogP contribution < -0.4 is 9.80 Å². The van der Waals surface area contributed by atoms with E-state index in [4.69, 9.17) is 18.9 Å². The lowest BCUT2D eigenvalue weighted by Crippen LogP contribution is -2.43. The van der Waals surface area contributed by atoms with Crippen molar-refractivity contribution in [3.63, 3.8) is 0 Å². The van der Waals surface area contributed by atoms with Crippen molar-refractivity contribution in [3.05, 3.63) is 41.6 Å². The Hall–Kier alpha value is -3.69. The molecule has 1 aromatic carbocycles. The number of amides is 3. The van der Waals surface area contributed by atoms with Crippen LogP contribution in [0.25, 0.3) is 5.57 Å². The van der Waals surface area contributed by atoms with Crippen molar-refractivity contribution in [1.82, 2.24) is 13.6 Å². The van der Waals surface area contributed by atoms with Crippen LogP contribution in [0.2, 0.25) is 0 Å². The maximum Gasteiger partial charge on any atom is 0.416 e. The molecule has 1 aromatic heterocycles. The maximum atomic E-state index is 15.4. The highest BCUT2D eigenvalue weighted by Crippen LogP contribution is 2.33. The van der Waals surface area contributed by atoms with Gasteiger partial charge in [0.2, 0.25) is 0 Å². The summed E-state index contributed by atoms with van der Waals surface area (Å²) in [5.74, 6) is -2.56. The lowest BCUT2D eigenvalue weighted by atomic mass is 9.97. The minimum absolute atomic E-state index is 0.0281. The molecule has 4 heterocycles. The van der Waals surface area contributed by atoms with Crippen molar-refractivity contribution in [2.24, 2.45) is 0 Å². The lowest BCUT2D eigenvalue weighted by Gasteiger charge is -2.29. The minimum atomic E-state index is -0.851. The molecule has 0 unspecified atom stereocenters. The Balaban J connectivity index is 1.26. The van der Waals surface area contributed by atoms with Crippen LogP contribution in [0, 0.1) is 11.6 Å². The second-order valence-corrected chi connectivity index (χ2v) is 12.4. The summed E-state index contributed by atoms with van der Waals surface area (Å²) in [4.78, 5) is 42.3. The normalized spacial score (nSPS) is 21.9. The molecule has 3 aliphatic rings. The molecular weight excluding hydrogens is 588 g/mol. The predicted molar refractivity (Wildman–Crippen MR) is 152 cm³/mol. The van der Waals surface area contributed by atoms with Crippen molar-refractivity contribution < 1.29 is 42.1 Å². The fourth-order valence-electron chi connectivity index (χ4n) is 5.02. The number of nitrogens with zero attached hydrogens (tertiary/aromatic N) is 5. The number of cyclic esters (lactones) is 1. The van der Waals surface area contributed by atoms with Gasteiger partial charge in [0.25, 0.3) is 5.91 Å². The first kappa shape index (κ1) is 30.8. The van der Waals surface area contributed by atoms with Gasteiger partial charge in [0.15, 0.2) is 17.7 Å². The highest BCUT2D eigenvalue weighted by Gasteiger charge is 2.40. The summed E-state index contributed by atoms with van der Waals surface area (Å²) in [5.41, 5.74) is -0.610. The van der Waals surface area contributed by atoms with E-state index in [0.717, 1.165) is 28.8 Å². The molecule has 43 heavy (non-hydrogen) atoms. The minimum Gasteiger partial charge on any atom is -0.443 e. The zero-order chi connectivity index (χ0) is 31.1. The number of carbonyl (C=O) groups is 3. The van der Waals surface area contributed by atoms with E-state index in [-0.39, 0.29) is 62.2 Å². The third kappa shape index (κ3) is 6.94. The Bertz CT molecular complexity index is 1410. The SMILES string of the molecule is CC(C)(C)OC(=O)N(C[C@H]1CN(c2cc(F)c(C3=CCN(C(=O)[C@@H]4COC(C)(C)O4)CC3)c(F)c2)C(=O)O1)c1cnsn1. The molecule has 0 aliphatic carbocycles. The van der Waals surface area contributed by atoms with Crippen molar-refractivity contribution in [2.75, 3.05) is 42.6 Å². The molecule has 0 radical (unpaired) electrons. The predicted octanol–water partition coefficient (Wildman–Crippen LogP) is 4.35. The van der Waals surface area contributed by atoms with Gasteiger partial charge in [-0.05, 0) is 58.7 Å². The van der Waals surface area contributed by atoms with E-state index in [1.54, 1.807) is 45.6 Å². The van der Waals surface area contributed by atoms with Crippen LogP contribution >= 0.6 is 11.7 Å². The van der Waals surface area contributed by atoms with E-state index < -0.39 is 47.4 Å². The summed E-state index contributed by atoms with van der Waals surface area (Å²) < 4.78 is 60.7. The zero-order valence-corrected chi connectivity index (χ0v) is 25.3. The van der Waals surface area contributed by atoms with Crippen molar-refractivity contribution in [2.45, 2.75) is 64.6 Å². The van der Waals surface area contributed by atoms with E-state index in [1.165, 1.54) is 11.1 Å². The Morgan fingerprint density at radius 3 is 2.51 bits per heavy atom. The molecule has 0 N–H and O–H groups in total. The van der Waals surface area contributed by atoms with Gasteiger partial charge in [-0.1, -0.05) is 6.08 Å². The molecule has 15 heteroatoms. The molecule has 2 saturated heterocycles. The summed E-state index contributed by atoms with van der Waals surface area (Å²) >= 11 is 0.897. The van der Waals surface area contributed by atoms with Crippen molar-refractivity contribution in [1.29, 1.82) is 0 Å². The van der Waals surface area contributed by atoms with Gasteiger partial charge >= 0.3 is 12.2 Å². The van der Waals surface area contributed by atoms with Crippen LogP contribution in [-0.2, 0) is 23.7 Å². The van der Waals surface area contributed by atoms with Gasteiger partial charge in [-0.25, -0.2) is 18.4 Å². The molecule has 0 bridgehead atoms. The first-order valence-corrected chi connectivity index (χ1v) is 14.5. The number of benzene rings is 1. The van der Waals surface area contributed by atoms with E-state index in [1.807, 2.05) is 0 Å². The number of halogens is 2. The van der Waals surface area contributed by atoms with Crippen molar-refractivity contribution >= 4 is 46.9 Å². The smallest absolute Gasteiger partial charge is 0.416 e. The molecule has 2 aromatic rings. The molecule has 3 aliphatic heterocycles. The largest absolute Gasteiger partial charge is 0.443 e. The van der Waals surface area contributed by atoms with Crippen LogP contribution in [0.5, 0.6) is 0 Å². The standard InChI is InChI=1S/C28H33F2N5O7S/c1-27(2,3)42-26(38)35(22-12-31-43-32-22)14-18-13-34(25(37)40-18)17-10-19(29)23(20(30)11-17)16-6-8-33(9-7-16)24(36)21-15-39-28(4,5)41-21/h6,10-12,18,21H,7-9,13-15H2,1-5H3/t18-,21+/m1/s1. The second-order valence-electron chi connectivity index (χ2n) is 11.8. The van der Waals surface area contributed by atoms with Gasteiger partial charge in [0, 0.05) is 18.7 Å². The quantitative estimate of drug-likeness (QED) is 0.463. The van der Waals surface area contributed by atoms with E-state index in [2.05, 4.69) is 8.75 Å². The maximum absolute atomic E-state index is 15.4. The van der Waals surface area contributed by atoms with Gasteiger partial charge in [-0.2, -0.15) is 8.75 Å². The molecule has 3 amide bonds. The fourth-order valence-corrected chi connectivity index (χ4v) is 5.44. The monoisotopic (exact) mass is 621 g/mol. The molecule has 2 fully saturated rings. The molecule has 5 rings (SSSR count). The molecule has 0 spiro atoms. The number of anilines is 2. The summed E-state index contributed by atoms with van der Waals surface area (Å²) in [6.45, 7) is 8.99. The Morgan fingerprint density at radius 2 is 1.95 bits per heavy atom. The first-order chi connectivity index (χ1) is 20.2. The van der Waals surface area contributed by atoms with Crippen molar-refractivity contribution in [3.8, 4) is 0 Å². The fraction of sp³-hybridized carbons (Fsp3) is 0.536. The van der Waals surface area contributed by atoms with E-state index in [0.29, 0.717) is 5.57 Å². The topological polar surface area (TPSA) is 124 Å². The summed E-state index contributed by atoms with van der Waals surface area (Å²) in [6.07, 6.45) is 0.152. The number of hydrogen-bond donors (Lipinski definition) is 0. The number of aromatic nitrogens is 2.